The monoisotopic (exact) mass is 274 g/mol. The van der Waals surface area contributed by atoms with Gasteiger partial charge in [-0.2, -0.15) is 0 Å². The summed E-state index contributed by atoms with van der Waals surface area (Å²) in [6, 6.07) is 2.51. The second-order valence-electron chi connectivity index (χ2n) is 6.89. The van der Waals surface area contributed by atoms with Gasteiger partial charge in [0.1, 0.15) is 0 Å². The Balaban J connectivity index is 1.80. The van der Waals surface area contributed by atoms with Crippen molar-refractivity contribution < 1.29 is 0 Å². The fourth-order valence-corrected chi connectivity index (χ4v) is 3.64. The topological polar surface area (TPSA) is 55.0 Å². The van der Waals surface area contributed by atoms with E-state index >= 15 is 0 Å². The number of anilines is 1. The van der Waals surface area contributed by atoms with E-state index in [-0.39, 0.29) is 0 Å². The normalized spacial score (nSPS) is 29.9. The number of fused-ring (bicyclic) bond motifs is 1. The molecule has 4 nitrogen and oxygen atoms in total. The molecule has 2 N–H and O–H groups in total. The average Bonchev–Trinajstić information content (AvgIpc) is 2.80. The molecule has 2 aliphatic rings. The van der Waals surface area contributed by atoms with Gasteiger partial charge < -0.3 is 10.6 Å². The lowest BCUT2D eigenvalue weighted by Crippen LogP contribution is -2.32. The highest BCUT2D eigenvalue weighted by Crippen LogP contribution is 2.37. The Labute approximate surface area is 121 Å². The van der Waals surface area contributed by atoms with E-state index in [4.69, 9.17) is 10.7 Å². The second-order valence-corrected chi connectivity index (χ2v) is 6.89. The van der Waals surface area contributed by atoms with Gasteiger partial charge in [-0.1, -0.05) is 13.8 Å². The number of aromatic nitrogens is 2. The molecule has 1 aliphatic heterocycles. The van der Waals surface area contributed by atoms with Gasteiger partial charge in [-0.15, -0.1) is 0 Å². The molecule has 2 heterocycles. The summed E-state index contributed by atoms with van der Waals surface area (Å²) in [6.45, 7) is 8.64. The summed E-state index contributed by atoms with van der Waals surface area (Å²) < 4.78 is 0. The molecule has 2 fully saturated rings. The molecule has 3 rings (SSSR count). The molecular formula is C16H26N4. The third kappa shape index (κ3) is 2.66. The van der Waals surface area contributed by atoms with Gasteiger partial charge in [0.25, 0.3) is 0 Å². The van der Waals surface area contributed by atoms with Crippen LogP contribution in [0.1, 0.15) is 50.4 Å². The van der Waals surface area contributed by atoms with Gasteiger partial charge in [0.05, 0.1) is 0 Å². The first-order valence-electron chi connectivity index (χ1n) is 7.89. The van der Waals surface area contributed by atoms with Crippen molar-refractivity contribution in [1.82, 2.24) is 9.97 Å². The molecule has 110 valence electrons. The van der Waals surface area contributed by atoms with Gasteiger partial charge in [0.15, 0.2) is 0 Å². The van der Waals surface area contributed by atoms with Gasteiger partial charge in [-0.25, -0.2) is 9.97 Å². The number of rotatable bonds is 2. The average molecular weight is 274 g/mol. The summed E-state index contributed by atoms with van der Waals surface area (Å²) in [5, 5.41) is 0. The minimum Gasteiger partial charge on any atom is -0.340 e. The van der Waals surface area contributed by atoms with Crippen LogP contribution in [0.15, 0.2) is 6.07 Å². The fourth-order valence-electron chi connectivity index (χ4n) is 3.64. The van der Waals surface area contributed by atoms with E-state index in [0.29, 0.717) is 12.0 Å². The second kappa shape index (κ2) is 5.32. The maximum atomic E-state index is 6.11. The van der Waals surface area contributed by atoms with Crippen LogP contribution in [0.4, 0.5) is 5.95 Å². The molecule has 1 unspecified atom stereocenters. The predicted molar refractivity (Wildman–Crippen MR) is 81.9 cm³/mol. The molecule has 0 spiro atoms. The van der Waals surface area contributed by atoms with E-state index in [1.807, 2.05) is 0 Å². The maximum Gasteiger partial charge on any atom is 0.225 e. The summed E-state index contributed by atoms with van der Waals surface area (Å²) in [7, 11) is 0. The van der Waals surface area contributed by atoms with Gasteiger partial charge in [0, 0.05) is 30.5 Å². The van der Waals surface area contributed by atoms with Crippen LogP contribution in [0.25, 0.3) is 0 Å². The zero-order valence-electron chi connectivity index (χ0n) is 12.8. The number of aryl methyl sites for hydroxylation is 1. The lowest BCUT2D eigenvalue weighted by Gasteiger charge is -2.27. The SMILES string of the molecule is Cc1cc(C(C)C)nc(N2C[C@H]3CCC(N)C[C@H]3C2)n1. The largest absolute Gasteiger partial charge is 0.340 e. The van der Waals surface area contributed by atoms with Crippen molar-refractivity contribution in [3.63, 3.8) is 0 Å². The quantitative estimate of drug-likeness (QED) is 0.900. The summed E-state index contributed by atoms with van der Waals surface area (Å²) in [5.41, 5.74) is 8.34. The van der Waals surface area contributed by atoms with Gasteiger partial charge >= 0.3 is 0 Å². The number of hydrogen-bond acceptors (Lipinski definition) is 4. The first kappa shape index (κ1) is 13.8. The lowest BCUT2D eigenvalue weighted by molar-refractivity contribution is 0.271. The van der Waals surface area contributed by atoms with E-state index in [1.54, 1.807) is 0 Å². The van der Waals surface area contributed by atoms with E-state index in [1.165, 1.54) is 19.3 Å². The van der Waals surface area contributed by atoms with Crippen molar-refractivity contribution >= 4 is 5.95 Å². The molecule has 1 saturated heterocycles. The van der Waals surface area contributed by atoms with Crippen molar-refractivity contribution in [2.45, 2.75) is 52.0 Å². The summed E-state index contributed by atoms with van der Waals surface area (Å²) in [5.74, 6) is 2.91. The van der Waals surface area contributed by atoms with Crippen LogP contribution < -0.4 is 10.6 Å². The molecule has 0 radical (unpaired) electrons. The molecule has 3 atom stereocenters. The molecular weight excluding hydrogens is 248 g/mol. The van der Waals surface area contributed by atoms with Gasteiger partial charge in [-0.05, 0) is 50.0 Å². The van der Waals surface area contributed by atoms with Crippen LogP contribution in [0.5, 0.6) is 0 Å². The lowest BCUT2D eigenvalue weighted by atomic mass is 9.79. The van der Waals surface area contributed by atoms with E-state index < -0.39 is 0 Å². The van der Waals surface area contributed by atoms with Gasteiger partial charge in [0.2, 0.25) is 5.95 Å². The zero-order valence-corrected chi connectivity index (χ0v) is 12.8. The highest BCUT2D eigenvalue weighted by Gasteiger charge is 2.37. The summed E-state index contributed by atoms with van der Waals surface area (Å²) >= 11 is 0. The Kier molecular flexibility index (Phi) is 3.67. The molecule has 0 amide bonds. The van der Waals surface area contributed by atoms with Crippen LogP contribution in [0.2, 0.25) is 0 Å². The van der Waals surface area contributed by atoms with Crippen LogP contribution in [-0.2, 0) is 0 Å². The third-order valence-electron chi connectivity index (χ3n) is 4.83. The molecule has 20 heavy (non-hydrogen) atoms. The molecule has 1 aliphatic carbocycles. The Morgan fingerprint density at radius 1 is 1.20 bits per heavy atom. The molecule has 1 aromatic rings. The Bertz CT molecular complexity index is 485. The first-order valence-corrected chi connectivity index (χ1v) is 7.89. The van der Waals surface area contributed by atoms with E-state index in [2.05, 4.69) is 36.7 Å². The third-order valence-corrected chi connectivity index (χ3v) is 4.83. The minimum absolute atomic E-state index is 0.404. The van der Waals surface area contributed by atoms with Gasteiger partial charge in [-0.3, -0.25) is 0 Å². The standard InChI is InChI=1S/C16H26N4/c1-10(2)15-6-11(3)18-16(19-15)20-8-12-4-5-14(17)7-13(12)9-20/h6,10,12-14H,4-5,7-9,17H2,1-3H3/t12-,13+,14?/m1/s1. The maximum absolute atomic E-state index is 6.11. The highest BCUT2D eigenvalue weighted by molar-refractivity contribution is 5.35. The number of nitrogens with two attached hydrogens (primary N) is 1. The molecule has 0 aromatic carbocycles. The van der Waals surface area contributed by atoms with Crippen molar-refractivity contribution in [2.75, 3.05) is 18.0 Å². The zero-order chi connectivity index (χ0) is 14.3. The van der Waals surface area contributed by atoms with Crippen molar-refractivity contribution in [3.05, 3.63) is 17.5 Å². The molecule has 0 bridgehead atoms. The van der Waals surface area contributed by atoms with E-state index in [9.17, 15) is 0 Å². The first-order chi connectivity index (χ1) is 9.52. The number of nitrogens with zero attached hydrogens (tertiary/aromatic N) is 3. The van der Waals surface area contributed by atoms with Crippen LogP contribution in [-0.4, -0.2) is 29.1 Å². The highest BCUT2D eigenvalue weighted by atomic mass is 15.3. The van der Waals surface area contributed by atoms with Crippen LogP contribution >= 0.6 is 0 Å². The van der Waals surface area contributed by atoms with Crippen LogP contribution in [0.3, 0.4) is 0 Å². The van der Waals surface area contributed by atoms with Crippen molar-refractivity contribution in [3.8, 4) is 0 Å². The summed E-state index contributed by atoms with van der Waals surface area (Å²) in [4.78, 5) is 11.8. The van der Waals surface area contributed by atoms with E-state index in [0.717, 1.165) is 42.3 Å². The Hall–Kier alpha value is -1.16. The fraction of sp³-hybridized carbons (Fsp3) is 0.750. The van der Waals surface area contributed by atoms with Crippen LogP contribution in [0, 0.1) is 18.8 Å². The predicted octanol–water partition coefficient (Wildman–Crippen LogP) is 2.47. The summed E-state index contributed by atoms with van der Waals surface area (Å²) in [6.07, 6.45) is 3.62. The molecule has 1 saturated carbocycles. The number of hydrogen-bond donors (Lipinski definition) is 1. The van der Waals surface area contributed by atoms with Crippen molar-refractivity contribution in [2.24, 2.45) is 17.6 Å². The minimum atomic E-state index is 0.404. The Morgan fingerprint density at radius 3 is 2.70 bits per heavy atom. The molecule has 1 aromatic heterocycles. The molecule has 4 heteroatoms. The van der Waals surface area contributed by atoms with Crippen molar-refractivity contribution in [1.29, 1.82) is 0 Å². The smallest absolute Gasteiger partial charge is 0.225 e. The Morgan fingerprint density at radius 2 is 1.95 bits per heavy atom.